The fourth-order valence-electron chi connectivity index (χ4n) is 1.89. The fourth-order valence-corrected chi connectivity index (χ4v) is 1.89. The zero-order valence-corrected chi connectivity index (χ0v) is 10.6. The van der Waals surface area contributed by atoms with E-state index in [2.05, 4.69) is 19.0 Å². The normalized spacial score (nSPS) is 11.1. The van der Waals surface area contributed by atoms with Gasteiger partial charge >= 0.3 is 0 Å². The third kappa shape index (κ3) is 2.70. The molecule has 0 aliphatic rings. The van der Waals surface area contributed by atoms with Crippen LogP contribution in [0.5, 0.6) is 0 Å². The molecule has 1 heterocycles. The van der Waals surface area contributed by atoms with Gasteiger partial charge in [0.2, 0.25) is 5.88 Å². The van der Waals surface area contributed by atoms with Crippen LogP contribution in [0.3, 0.4) is 0 Å². The van der Waals surface area contributed by atoms with E-state index in [1.807, 2.05) is 6.07 Å². The molecule has 4 heteroatoms. The second-order valence-electron chi connectivity index (χ2n) is 4.81. The summed E-state index contributed by atoms with van der Waals surface area (Å²) in [5.74, 6) is 0.533. The summed E-state index contributed by atoms with van der Waals surface area (Å²) in [5, 5.41) is 3.97. The van der Waals surface area contributed by atoms with Crippen LogP contribution in [0, 0.1) is 11.7 Å². The second kappa shape index (κ2) is 5.21. The van der Waals surface area contributed by atoms with Crippen molar-refractivity contribution >= 4 is 5.88 Å². The molecule has 1 aromatic carbocycles. The zero-order valence-electron chi connectivity index (χ0n) is 10.6. The Kier molecular flexibility index (Phi) is 3.65. The molecule has 2 aromatic rings. The largest absolute Gasteiger partial charge is 0.367 e. The summed E-state index contributed by atoms with van der Waals surface area (Å²) in [4.78, 5) is 0. The highest BCUT2D eigenvalue weighted by molar-refractivity contribution is 5.75. The van der Waals surface area contributed by atoms with Gasteiger partial charge in [-0.3, -0.25) is 0 Å². The van der Waals surface area contributed by atoms with E-state index < -0.39 is 0 Å². The molecular weight excluding hydrogens is 231 g/mol. The van der Waals surface area contributed by atoms with Crippen molar-refractivity contribution in [3.63, 3.8) is 0 Å². The number of halogens is 1. The predicted octanol–water partition coefficient (Wildman–Crippen LogP) is 3.65. The van der Waals surface area contributed by atoms with Crippen LogP contribution in [0.1, 0.15) is 26.0 Å². The summed E-state index contributed by atoms with van der Waals surface area (Å²) in [7, 11) is 0. The van der Waals surface area contributed by atoms with Crippen LogP contribution in [-0.4, -0.2) is 5.16 Å². The standard InChI is InChI=1S/C14H17FN2O/c1-9(2)6-7-12-13(14(16)18-17-12)10-4-3-5-11(15)8-10/h3-5,8-9H,6-7,16H2,1-2H3. The Morgan fingerprint density at radius 3 is 2.83 bits per heavy atom. The van der Waals surface area contributed by atoms with E-state index in [1.54, 1.807) is 6.07 Å². The van der Waals surface area contributed by atoms with Crippen LogP contribution in [0.25, 0.3) is 11.1 Å². The zero-order chi connectivity index (χ0) is 13.1. The molecule has 2 rings (SSSR count). The smallest absolute Gasteiger partial charge is 0.230 e. The van der Waals surface area contributed by atoms with E-state index >= 15 is 0 Å². The van der Waals surface area contributed by atoms with Gasteiger partial charge in [-0.15, -0.1) is 0 Å². The van der Waals surface area contributed by atoms with Crippen LogP contribution >= 0.6 is 0 Å². The first-order valence-corrected chi connectivity index (χ1v) is 6.08. The first kappa shape index (κ1) is 12.6. The lowest BCUT2D eigenvalue weighted by Gasteiger charge is -2.04. The highest BCUT2D eigenvalue weighted by Crippen LogP contribution is 2.31. The number of nitrogens with zero attached hydrogens (tertiary/aromatic N) is 1. The average Bonchev–Trinajstić information content (AvgIpc) is 2.68. The molecule has 0 spiro atoms. The number of aryl methyl sites for hydroxylation is 1. The van der Waals surface area contributed by atoms with E-state index in [-0.39, 0.29) is 11.7 Å². The fraction of sp³-hybridized carbons (Fsp3) is 0.357. The maximum Gasteiger partial charge on any atom is 0.230 e. The second-order valence-corrected chi connectivity index (χ2v) is 4.81. The highest BCUT2D eigenvalue weighted by Gasteiger charge is 2.16. The molecule has 3 nitrogen and oxygen atoms in total. The summed E-state index contributed by atoms with van der Waals surface area (Å²) < 4.78 is 18.3. The van der Waals surface area contributed by atoms with Crippen molar-refractivity contribution in [1.29, 1.82) is 0 Å². The summed E-state index contributed by atoms with van der Waals surface area (Å²) in [6.07, 6.45) is 1.78. The van der Waals surface area contributed by atoms with Gasteiger partial charge in [-0.2, -0.15) is 0 Å². The molecule has 0 saturated carbocycles. The number of nitrogens with two attached hydrogens (primary N) is 1. The summed E-state index contributed by atoms with van der Waals surface area (Å²) >= 11 is 0. The number of anilines is 1. The first-order valence-electron chi connectivity index (χ1n) is 6.08. The maximum atomic E-state index is 13.2. The highest BCUT2D eigenvalue weighted by atomic mass is 19.1. The minimum Gasteiger partial charge on any atom is -0.367 e. The van der Waals surface area contributed by atoms with Crippen molar-refractivity contribution in [2.45, 2.75) is 26.7 Å². The number of hydrogen-bond acceptors (Lipinski definition) is 3. The molecule has 0 saturated heterocycles. The molecule has 0 aliphatic heterocycles. The van der Waals surface area contributed by atoms with Crippen LogP contribution in [0.2, 0.25) is 0 Å². The molecule has 0 fully saturated rings. The predicted molar refractivity (Wildman–Crippen MR) is 69.5 cm³/mol. The molecule has 0 bridgehead atoms. The van der Waals surface area contributed by atoms with Gasteiger partial charge in [-0.05, 0) is 36.5 Å². The SMILES string of the molecule is CC(C)CCc1noc(N)c1-c1cccc(F)c1. The van der Waals surface area contributed by atoms with E-state index in [4.69, 9.17) is 10.3 Å². The van der Waals surface area contributed by atoms with Crippen molar-refractivity contribution < 1.29 is 8.91 Å². The molecule has 0 unspecified atom stereocenters. The Labute approximate surface area is 106 Å². The lowest BCUT2D eigenvalue weighted by atomic mass is 10.00. The van der Waals surface area contributed by atoms with Crippen molar-refractivity contribution in [3.05, 3.63) is 35.8 Å². The monoisotopic (exact) mass is 248 g/mol. The van der Waals surface area contributed by atoms with Crippen LogP contribution in [-0.2, 0) is 6.42 Å². The number of hydrogen-bond donors (Lipinski definition) is 1. The van der Waals surface area contributed by atoms with Gasteiger partial charge in [0.25, 0.3) is 0 Å². The molecule has 0 radical (unpaired) electrons. The summed E-state index contributed by atoms with van der Waals surface area (Å²) in [5.41, 5.74) is 8.01. The molecule has 0 atom stereocenters. The minimum absolute atomic E-state index is 0.249. The summed E-state index contributed by atoms with van der Waals surface area (Å²) in [6.45, 7) is 4.29. The topological polar surface area (TPSA) is 52.0 Å². The number of nitrogen functional groups attached to an aromatic ring is 1. The van der Waals surface area contributed by atoms with Gasteiger partial charge in [0.15, 0.2) is 0 Å². The maximum absolute atomic E-state index is 13.2. The molecule has 18 heavy (non-hydrogen) atoms. The van der Waals surface area contributed by atoms with E-state index in [0.717, 1.165) is 24.1 Å². The van der Waals surface area contributed by atoms with Gasteiger partial charge in [0.1, 0.15) is 5.82 Å². The Hall–Kier alpha value is -1.84. The lowest BCUT2D eigenvalue weighted by Crippen LogP contribution is -1.95. The van der Waals surface area contributed by atoms with Gasteiger partial charge in [-0.25, -0.2) is 4.39 Å². The van der Waals surface area contributed by atoms with Gasteiger partial charge in [-0.1, -0.05) is 31.1 Å². The van der Waals surface area contributed by atoms with Gasteiger partial charge < -0.3 is 10.3 Å². The Morgan fingerprint density at radius 2 is 2.17 bits per heavy atom. The molecule has 96 valence electrons. The van der Waals surface area contributed by atoms with Crippen LogP contribution in [0.15, 0.2) is 28.8 Å². The third-order valence-corrected chi connectivity index (χ3v) is 2.86. The van der Waals surface area contributed by atoms with E-state index in [0.29, 0.717) is 11.5 Å². The molecular formula is C14H17FN2O. The molecule has 0 amide bonds. The van der Waals surface area contributed by atoms with Crippen molar-refractivity contribution in [3.8, 4) is 11.1 Å². The quantitative estimate of drug-likeness (QED) is 0.898. The van der Waals surface area contributed by atoms with Gasteiger partial charge in [0, 0.05) is 0 Å². The first-order chi connectivity index (χ1) is 8.58. The minimum atomic E-state index is -0.289. The number of benzene rings is 1. The Bertz CT molecular complexity index is 534. The van der Waals surface area contributed by atoms with Crippen molar-refractivity contribution in [1.82, 2.24) is 5.16 Å². The summed E-state index contributed by atoms with van der Waals surface area (Å²) in [6, 6.07) is 6.32. The molecule has 1 aromatic heterocycles. The van der Waals surface area contributed by atoms with Crippen molar-refractivity contribution in [2.75, 3.05) is 5.73 Å². The van der Waals surface area contributed by atoms with Crippen LogP contribution < -0.4 is 5.73 Å². The lowest BCUT2D eigenvalue weighted by molar-refractivity contribution is 0.423. The third-order valence-electron chi connectivity index (χ3n) is 2.86. The van der Waals surface area contributed by atoms with E-state index in [9.17, 15) is 4.39 Å². The number of aromatic nitrogens is 1. The average molecular weight is 248 g/mol. The Morgan fingerprint density at radius 1 is 1.39 bits per heavy atom. The van der Waals surface area contributed by atoms with Crippen LogP contribution in [0.4, 0.5) is 10.3 Å². The number of rotatable bonds is 4. The van der Waals surface area contributed by atoms with E-state index in [1.165, 1.54) is 12.1 Å². The molecule has 2 N–H and O–H groups in total. The Balaban J connectivity index is 2.34. The van der Waals surface area contributed by atoms with Crippen molar-refractivity contribution in [2.24, 2.45) is 5.92 Å². The molecule has 0 aliphatic carbocycles. The van der Waals surface area contributed by atoms with Gasteiger partial charge in [0.05, 0.1) is 11.3 Å².